The number of anilines is 1. The number of hydrogen-bond donors (Lipinski definition) is 1. The molecule has 0 bridgehead atoms. The van der Waals surface area contributed by atoms with Crippen molar-refractivity contribution in [3.05, 3.63) is 75.9 Å². The second-order valence-electron chi connectivity index (χ2n) is 6.97. The minimum Gasteiger partial charge on any atom is -0.452 e. The Bertz CT molecular complexity index is 1280. The van der Waals surface area contributed by atoms with Crippen LogP contribution in [0.1, 0.15) is 21.6 Å². The van der Waals surface area contributed by atoms with Crippen LogP contribution in [0.3, 0.4) is 0 Å². The number of aromatic nitrogens is 2. The van der Waals surface area contributed by atoms with Gasteiger partial charge >= 0.3 is 5.97 Å². The quantitative estimate of drug-likeness (QED) is 0.401. The lowest BCUT2D eigenvalue weighted by molar-refractivity contribution is -0.119. The summed E-state index contributed by atoms with van der Waals surface area (Å²) in [6, 6.07) is 16.5. The van der Waals surface area contributed by atoms with E-state index in [0.29, 0.717) is 22.5 Å². The van der Waals surface area contributed by atoms with Crippen molar-refractivity contribution < 1.29 is 18.8 Å². The Morgan fingerprint density at radius 3 is 2.58 bits per heavy atom. The SMILES string of the molecule is Cc1ccc(-c2cc(C(=O)OCC(=O)Nc3ccccc3Br)c3c(C)noc3n2)cc1. The van der Waals surface area contributed by atoms with E-state index in [9.17, 15) is 9.59 Å². The average Bonchev–Trinajstić information content (AvgIpc) is 3.14. The van der Waals surface area contributed by atoms with Gasteiger partial charge in [0.1, 0.15) is 0 Å². The van der Waals surface area contributed by atoms with Gasteiger partial charge in [0.05, 0.1) is 28.0 Å². The van der Waals surface area contributed by atoms with Crippen LogP contribution in [0.2, 0.25) is 0 Å². The van der Waals surface area contributed by atoms with Crippen molar-refractivity contribution in [3.8, 4) is 11.3 Å². The number of nitrogens with zero attached hydrogens (tertiary/aromatic N) is 2. The van der Waals surface area contributed by atoms with E-state index < -0.39 is 18.5 Å². The van der Waals surface area contributed by atoms with E-state index in [1.54, 1.807) is 31.2 Å². The lowest BCUT2D eigenvalue weighted by Crippen LogP contribution is -2.21. The van der Waals surface area contributed by atoms with Crippen LogP contribution in [0, 0.1) is 13.8 Å². The first-order valence-corrected chi connectivity index (χ1v) is 10.3. The number of fused-ring (bicyclic) bond motifs is 1. The molecular weight excluding hydrogens is 462 g/mol. The zero-order valence-corrected chi connectivity index (χ0v) is 18.4. The normalized spacial score (nSPS) is 10.8. The van der Waals surface area contributed by atoms with Crippen molar-refractivity contribution in [2.45, 2.75) is 13.8 Å². The number of para-hydroxylation sites is 1. The van der Waals surface area contributed by atoms with Gasteiger partial charge < -0.3 is 14.6 Å². The fourth-order valence-corrected chi connectivity index (χ4v) is 3.47. The van der Waals surface area contributed by atoms with Crippen LogP contribution in [0.5, 0.6) is 0 Å². The minimum atomic E-state index is -0.658. The summed E-state index contributed by atoms with van der Waals surface area (Å²) < 4.78 is 11.3. The zero-order valence-electron chi connectivity index (χ0n) is 16.8. The largest absolute Gasteiger partial charge is 0.452 e. The van der Waals surface area contributed by atoms with Gasteiger partial charge in [0.15, 0.2) is 6.61 Å². The maximum atomic E-state index is 12.9. The number of ether oxygens (including phenoxy) is 1. The van der Waals surface area contributed by atoms with Gasteiger partial charge in [-0.05, 0) is 48.0 Å². The summed E-state index contributed by atoms with van der Waals surface area (Å²) in [5.74, 6) is -1.11. The molecule has 7 nitrogen and oxygen atoms in total. The number of carbonyl (C=O) groups is 2. The number of amides is 1. The van der Waals surface area contributed by atoms with Crippen molar-refractivity contribution in [1.82, 2.24) is 10.1 Å². The molecule has 1 amide bonds. The first kappa shape index (κ1) is 20.7. The molecule has 2 aromatic carbocycles. The Balaban J connectivity index is 1.58. The van der Waals surface area contributed by atoms with Gasteiger partial charge in [-0.1, -0.05) is 47.1 Å². The molecule has 31 heavy (non-hydrogen) atoms. The minimum absolute atomic E-state index is 0.236. The molecule has 0 aliphatic carbocycles. The van der Waals surface area contributed by atoms with Crippen molar-refractivity contribution >= 4 is 44.6 Å². The number of esters is 1. The molecule has 2 aromatic heterocycles. The van der Waals surface area contributed by atoms with Crippen LogP contribution in [0.15, 0.2) is 63.6 Å². The maximum absolute atomic E-state index is 12.9. The molecule has 0 saturated heterocycles. The highest BCUT2D eigenvalue weighted by atomic mass is 79.9. The van der Waals surface area contributed by atoms with Crippen LogP contribution in [-0.2, 0) is 9.53 Å². The van der Waals surface area contributed by atoms with Gasteiger partial charge in [0.2, 0.25) is 0 Å². The molecular formula is C23H18BrN3O4. The number of carbonyl (C=O) groups excluding carboxylic acids is 2. The molecule has 8 heteroatoms. The van der Waals surface area contributed by atoms with Gasteiger partial charge in [0, 0.05) is 10.0 Å². The summed E-state index contributed by atoms with van der Waals surface area (Å²) in [6.07, 6.45) is 0. The molecule has 1 N–H and O–H groups in total. The molecule has 0 unspecified atom stereocenters. The van der Waals surface area contributed by atoms with Crippen molar-refractivity contribution in [2.24, 2.45) is 0 Å². The van der Waals surface area contributed by atoms with Gasteiger partial charge in [-0.2, -0.15) is 0 Å². The Morgan fingerprint density at radius 1 is 1.10 bits per heavy atom. The van der Waals surface area contributed by atoms with Crippen LogP contribution in [0.25, 0.3) is 22.4 Å². The summed E-state index contributed by atoms with van der Waals surface area (Å²) in [5.41, 5.74) is 4.06. The van der Waals surface area contributed by atoms with E-state index in [1.807, 2.05) is 37.3 Å². The van der Waals surface area contributed by atoms with Gasteiger partial charge in [0.25, 0.3) is 11.6 Å². The van der Waals surface area contributed by atoms with Gasteiger partial charge in [-0.3, -0.25) is 4.79 Å². The third-order valence-corrected chi connectivity index (χ3v) is 5.36. The smallest absolute Gasteiger partial charge is 0.339 e. The first-order chi connectivity index (χ1) is 14.9. The lowest BCUT2D eigenvalue weighted by atomic mass is 10.0. The highest BCUT2D eigenvalue weighted by Gasteiger charge is 2.21. The van der Waals surface area contributed by atoms with E-state index in [-0.39, 0.29) is 11.3 Å². The van der Waals surface area contributed by atoms with E-state index in [0.717, 1.165) is 15.6 Å². The summed E-state index contributed by atoms with van der Waals surface area (Å²) in [5, 5.41) is 7.08. The molecule has 4 aromatic rings. The Morgan fingerprint density at radius 2 is 1.84 bits per heavy atom. The molecule has 0 saturated carbocycles. The van der Waals surface area contributed by atoms with Crippen LogP contribution in [0.4, 0.5) is 5.69 Å². The molecule has 0 aliphatic rings. The molecule has 0 spiro atoms. The lowest BCUT2D eigenvalue weighted by Gasteiger charge is -2.09. The number of pyridine rings is 1. The maximum Gasteiger partial charge on any atom is 0.339 e. The predicted octanol–water partition coefficient (Wildman–Crippen LogP) is 5.06. The second kappa shape index (κ2) is 8.69. The van der Waals surface area contributed by atoms with E-state index in [2.05, 4.69) is 31.4 Å². The number of hydrogen-bond acceptors (Lipinski definition) is 6. The third-order valence-electron chi connectivity index (χ3n) is 4.67. The predicted molar refractivity (Wildman–Crippen MR) is 120 cm³/mol. The number of halogens is 1. The fraction of sp³-hybridized carbons (Fsp3) is 0.130. The Labute approximate surface area is 186 Å². The summed E-state index contributed by atoms with van der Waals surface area (Å²) in [4.78, 5) is 29.6. The van der Waals surface area contributed by atoms with E-state index in [1.165, 1.54) is 0 Å². The zero-order chi connectivity index (χ0) is 22.0. The molecule has 2 heterocycles. The number of aryl methyl sites for hydroxylation is 2. The number of benzene rings is 2. The Kier molecular flexibility index (Phi) is 5.81. The van der Waals surface area contributed by atoms with E-state index in [4.69, 9.17) is 9.26 Å². The number of nitrogens with one attached hydrogen (secondary N) is 1. The van der Waals surface area contributed by atoms with Crippen LogP contribution in [-0.4, -0.2) is 28.6 Å². The van der Waals surface area contributed by atoms with E-state index >= 15 is 0 Å². The molecule has 0 radical (unpaired) electrons. The molecule has 0 aliphatic heterocycles. The van der Waals surface area contributed by atoms with Gasteiger partial charge in [-0.15, -0.1) is 0 Å². The Hall–Kier alpha value is -3.52. The van der Waals surface area contributed by atoms with Crippen molar-refractivity contribution in [3.63, 3.8) is 0 Å². The van der Waals surface area contributed by atoms with Gasteiger partial charge in [-0.25, -0.2) is 9.78 Å². The van der Waals surface area contributed by atoms with Crippen molar-refractivity contribution in [2.75, 3.05) is 11.9 Å². The summed E-state index contributed by atoms with van der Waals surface area (Å²) in [6.45, 7) is 3.27. The number of rotatable bonds is 5. The first-order valence-electron chi connectivity index (χ1n) is 9.48. The monoisotopic (exact) mass is 479 g/mol. The second-order valence-corrected chi connectivity index (χ2v) is 7.83. The van der Waals surface area contributed by atoms with Crippen LogP contribution >= 0.6 is 15.9 Å². The van der Waals surface area contributed by atoms with Crippen LogP contribution < -0.4 is 5.32 Å². The summed E-state index contributed by atoms with van der Waals surface area (Å²) >= 11 is 3.36. The topological polar surface area (TPSA) is 94.3 Å². The van der Waals surface area contributed by atoms with Crippen molar-refractivity contribution in [1.29, 1.82) is 0 Å². The molecule has 4 rings (SSSR count). The highest BCUT2D eigenvalue weighted by molar-refractivity contribution is 9.10. The summed E-state index contributed by atoms with van der Waals surface area (Å²) in [7, 11) is 0. The fourth-order valence-electron chi connectivity index (χ4n) is 3.09. The average molecular weight is 480 g/mol. The standard InChI is InChI=1S/C23H18BrN3O4/c1-13-7-9-15(10-8-13)19-11-16(21-14(2)27-31-22(21)26-19)23(29)30-12-20(28)25-18-6-4-3-5-17(18)24/h3-11H,12H2,1-2H3,(H,25,28). The highest BCUT2D eigenvalue weighted by Crippen LogP contribution is 2.28. The molecule has 156 valence electrons. The third kappa shape index (κ3) is 4.49. The molecule has 0 fully saturated rings. The molecule has 0 atom stereocenters.